The van der Waals surface area contributed by atoms with Gasteiger partial charge in [-0.05, 0) is 35.8 Å². The quantitative estimate of drug-likeness (QED) is 0.468. The number of esters is 1. The SMILES string of the molecule is CC1C=CC(C)C(COC(=O)/C=C/c2ccccc2)C1. The molecule has 0 bridgehead atoms. The molecule has 3 unspecified atom stereocenters. The van der Waals surface area contributed by atoms with Gasteiger partial charge >= 0.3 is 5.97 Å². The number of benzene rings is 1. The molecular weight excluding hydrogens is 248 g/mol. The Morgan fingerprint density at radius 3 is 2.75 bits per heavy atom. The van der Waals surface area contributed by atoms with Crippen LogP contribution in [0.5, 0.6) is 0 Å². The lowest BCUT2D eigenvalue weighted by Crippen LogP contribution is -2.23. The zero-order chi connectivity index (χ0) is 14.4. The van der Waals surface area contributed by atoms with E-state index in [1.807, 2.05) is 30.3 Å². The van der Waals surface area contributed by atoms with E-state index in [0.29, 0.717) is 24.4 Å². The second-order valence-corrected chi connectivity index (χ2v) is 5.59. The van der Waals surface area contributed by atoms with Gasteiger partial charge in [-0.25, -0.2) is 4.79 Å². The van der Waals surface area contributed by atoms with E-state index in [1.54, 1.807) is 6.08 Å². The first-order valence-electron chi connectivity index (χ1n) is 7.23. The van der Waals surface area contributed by atoms with Crippen LogP contribution in [0.2, 0.25) is 0 Å². The third-order valence-corrected chi connectivity index (χ3v) is 3.81. The lowest BCUT2D eigenvalue weighted by Gasteiger charge is -2.27. The molecule has 0 aliphatic heterocycles. The number of rotatable bonds is 4. The summed E-state index contributed by atoms with van der Waals surface area (Å²) >= 11 is 0. The fourth-order valence-corrected chi connectivity index (χ4v) is 2.48. The number of carbonyl (C=O) groups excluding carboxylic acids is 1. The third-order valence-electron chi connectivity index (χ3n) is 3.81. The highest BCUT2D eigenvalue weighted by molar-refractivity contribution is 5.87. The maximum atomic E-state index is 11.7. The van der Waals surface area contributed by atoms with Crippen molar-refractivity contribution < 1.29 is 9.53 Å². The molecule has 0 amide bonds. The van der Waals surface area contributed by atoms with Gasteiger partial charge in [0.15, 0.2) is 0 Å². The van der Waals surface area contributed by atoms with Crippen LogP contribution < -0.4 is 0 Å². The van der Waals surface area contributed by atoms with E-state index in [-0.39, 0.29) is 5.97 Å². The van der Waals surface area contributed by atoms with Crippen LogP contribution in [0, 0.1) is 17.8 Å². The molecule has 0 heterocycles. The molecule has 3 atom stereocenters. The highest BCUT2D eigenvalue weighted by Gasteiger charge is 2.22. The van der Waals surface area contributed by atoms with Gasteiger partial charge in [0.05, 0.1) is 6.61 Å². The van der Waals surface area contributed by atoms with Crippen LogP contribution in [0.3, 0.4) is 0 Å². The third kappa shape index (κ3) is 4.37. The number of hydrogen-bond acceptors (Lipinski definition) is 2. The lowest BCUT2D eigenvalue weighted by molar-refractivity contribution is -0.139. The summed E-state index contributed by atoms with van der Waals surface area (Å²) in [6, 6.07) is 9.76. The van der Waals surface area contributed by atoms with Crippen molar-refractivity contribution in [1.29, 1.82) is 0 Å². The minimum Gasteiger partial charge on any atom is -0.462 e. The molecular formula is C18H22O2. The minimum atomic E-state index is -0.261. The molecule has 2 rings (SSSR count). The highest BCUT2D eigenvalue weighted by Crippen LogP contribution is 2.28. The Bertz CT molecular complexity index is 487. The minimum absolute atomic E-state index is 0.261. The van der Waals surface area contributed by atoms with Crippen molar-refractivity contribution in [3.05, 3.63) is 54.1 Å². The molecule has 0 radical (unpaired) electrons. The maximum Gasteiger partial charge on any atom is 0.330 e. The first kappa shape index (κ1) is 14.6. The zero-order valence-corrected chi connectivity index (χ0v) is 12.2. The number of carbonyl (C=O) groups is 1. The molecule has 2 nitrogen and oxygen atoms in total. The predicted octanol–water partition coefficient (Wildman–Crippen LogP) is 4.09. The largest absolute Gasteiger partial charge is 0.462 e. The summed E-state index contributed by atoms with van der Waals surface area (Å²) < 4.78 is 5.36. The average molecular weight is 270 g/mol. The van der Waals surface area contributed by atoms with Crippen LogP contribution in [0.1, 0.15) is 25.8 Å². The molecule has 0 saturated heterocycles. The second kappa shape index (κ2) is 7.09. The Morgan fingerprint density at radius 2 is 2.00 bits per heavy atom. The van der Waals surface area contributed by atoms with Crippen LogP contribution in [-0.2, 0) is 9.53 Å². The molecule has 2 heteroatoms. The van der Waals surface area contributed by atoms with E-state index in [4.69, 9.17) is 4.74 Å². The van der Waals surface area contributed by atoms with Crippen LogP contribution in [-0.4, -0.2) is 12.6 Å². The molecule has 0 N–H and O–H groups in total. The van der Waals surface area contributed by atoms with Crippen LogP contribution >= 0.6 is 0 Å². The topological polar surface area (TPSA) is 26.3 Å². The fourth-order valence-electron chi connectivity index (χ4n) is 2.48. The molecule has 106 valence electrons. The zero-order valence-electron chi connectivity index (χ0n) is 12.2. The van der Waals surface area contributed by atoms with Crippen molar-refractivity contribution in [3.8, 4) is 0 Å². The van der Waals surface area contributed by atoms with Gasteiger partial charge in [0.2, 0.25) is 0 Å². The van der Waals surface area contributed by atoms with E-state index in [9.17, 15) is 4.79 Å². The normalized spacial score (nSPS) is 25.8. The Hall–Kier alpha value is -1.83. The summed E-state index contributed by atoms with van der Waals surface area (Å²) in [5.41, 5.74) is 1.01. The summed E-state index contributed by atoms with van der Waals surface area (Å²) in [6.07, 6.45) is 8.86. The van der Waals surface area contributed by atoms with Gasteiger partial charge in [0.1, 0.15) is 0 Å². The highest BCUT2D eigenvalue weighted by atomic mass is 16.5. The molecule has 0 saturated carbocycles. The van der Waals surface area contributed by atoms with E-state index < -0.39 is 0 Å². The summed E-state index contributed by atoms with van der Waals surface area (Å²) in [4.78, 5) is 11.7. The maximum absolute atomic E-state index is 11.7. The van der Waals surface area contributed by atoms with E-state index in [2.05, 4.69) is 26.0 Å². The molecule has 0 aromatic heterocycles. The van der Waals surface area contributed by atoms with Gasteiger partial charge in [0.25, 0.3) is 0 Å². The second-order valence-electron chi connectivity index (χ2n) is 5.59. The van der Waals surface area contributed by atoms with Crippen LogP contribution in [0.15, 0.2) is 48.6 Å². The van der Waals surface area contributed by atoms with E-state index >= 15 is 0 Å². The Kier molecular flexibility index (Phi) is 5.16. The monoisotopic (exact) mass is 270 g/mol. The van der Waals surface area contributed by atoms with Gasteiger partial charge in [-0.3, -0.25) is 0 Å². The number of hydrogen-bond donors (Lipinski definition) is 0. The van der Waals surface area contributed by atoms with Crippen molar-refractivity contribution in [2.24, 2.45) is 17.8 Å². The molecule has 1 aromatic carbocycles. The van der Waals surface area contributed by atoms with Crippen molar-refractivity contribution >= 4 is 12.0 Å². The van der Waals surface area contributed by atoms with Crippen LogP contribution in [0.4, 0.5) is 0 Å². The number of ether oxygens (including phenoxy) is 1. The Labute approximate surface area is 121 Å². The van der Waals surface area contributed by atoms with Crippen LogP contribution in [0.25, 0.3) is 6.08 Å². The molecule has 1 aliphatic rings. The number of allylic oxidation sites excluding steroid dienone is 2. The molecule has 0 spiro atoms. The molecule has 1 aromatic rings. The van der Waals surface area contributed by atoms with Gasteiger partial charge in [-0.1, -0.05) is 56.3 Å². The summed E-state index contributed by atoms with van der Waals surface area (Å²) in [7, 11) is 0. The average Bonchev–Trinajstić information content (AvgIpc) is 2.47. The van der Waals surface area contributed by atoms with Crippen molar-refractivity contribution in [2.75, 3.05) is 6.61 Å². The first-order chi connectivity index (χ1) is 9.65. The van der Waals surface area contributed by atoms with Gasteiger partial charge in [-0.15, -0.1) is 0 Å². The van der Waals surface area contributed by atoms with Crippen molar-refractivity contribution in [3.63, 3.8) is 0 Å². The smallest absolute Gasteiger partial charge is 0.330 e. The Balaban J connectivity index is 1.81. The summed E-state index contributed by atoms with van der Waals surface area (Å²) in [5, 5.41) is 0. The van der Waals surface area contributed by atoms with Gasteiger partial charge in [0, 0.05) is 6.08 Å². The standard InChI is InChI=1S/C18H22O2/c1-14-8-9-15(2)17(12-14)13-20-18(19)11-10-16-6-4-3-5-7-16/h3-11,14-15,17H,12-13H2,1-2H3/b11-10+. The van der Waals surface area contributed by atoms with Gasteiger partial charge in [-0.2, -0.15) is 0 Å². The van der Waals surface area contributed by atoms with E-state index in [0.717, 1.165) is 12.0 Å². The van der Waals surface area contributed by atoms with Crippen molar-refractivity contribution in [2.45, 2.75) is 20.3 Å². The van der Waals surface area contributed by atoms with Crippen molar-refractivity contribution in [1.82, 2.24) is 0 Å². The van der Waals surface area contributed by atoms with Gasteiger partial charge < -0.3 is 4.74 Å². The molecule has 20 heavy (non-hydrogen) atoms. The van der Waals surface area contributed by atoms with E-state index in [1.165, 1.54) is 6.08 Å². The fraction of sp³-hybridized carbons (Fsp3) is 0.389. The molecule has 0 fully saturated rings. The Morgan fingerprint density at radius 1 is 1.25 bits per heavy atom. The summed E-state index contributed by atoms with van der Waals surface area (Å²) in [6.45, 7) is 4.89. The first-order valence-corrected chi connectivity index (χ1v) is 7.23. The predicted molar refractivity (Wildman–Crippen MR) is 82.0 cm³/mol. The lowest BCUT2D eigenvalue weighted by atomic mass is 9.81. The molecule has 1 aliphatic carbocycles. The summed E-state index contributed by atoms with van der Waals surface area (Å²) in [5.74, 6) is 1.24.